The van der Waals surface area contributed by atoms with Gasteiger partial charge in [0.05, 0.1) is 0 Å². The van der Waals surface area contributed by atoms with Crippen LogP contribution in [-0.2, 0) is 13.1 Å². The van der Waals surface area contributed by atoms with Crippen LogP contribution in [0.25, 0.3) is 0 Å². The minimum atomic E-state index is 0.770. The van der Waals surface area contributed by atoms with Crippen LogP contribution in [0.15, 0.2) is 60.7 Å². The summed E-state index contributed by atoms with van der Waals surface area (Å²) in [4.78, 5) is 2.68. The lowest BCUT2D eigenvalue weighted by atomic mass is 10.1. The standard InChI is InChI=1S/C19H22N2/c1-3-7-15(8-4-1)13-21(14-16-9-5-2-6-10-16)19-17-11-20-12-18(17)19/h1-10,17-20H,11-14H2/t17-,18-/m0/s1. The fourth-order valence-corrected chi connectivity index (χ4v) is 3.83. The Morgan fingerprint density at radius 2 is 1.24 bits per heavy atom. The molecule has 0 aromatic heterocycles. The average Bonchev–Trinajstić information content (AvgIpc) is 3.01. The fraction of sp³-hybridized carbons (Fsp3) is 0.368. The van der Waals surface area contributed by atoms with Crippen molar-refractivity contribution in [1.82, 2.24) is 10.2 Å². The number of piperidine rings is 1. The number of benzene rings is 2. The van der Waals surface area contributed by atoms with Gasteiger partial charge in [-0.25, -0.2) is 0 Å². The molecule has 2 heteroatoms. The molecule has 1 saturated heterocycles. The smallest absolute Gasteiger partial charge is 0.0240 e. The topological polar surface area (TPSA) is 15.3 Å². The van der Waals surface area contributed by atoms with Crippen molar-refractivity contribution in [2.45, 2.75) is 19.1 Å². The van der Waals surface area contributed by atoms with Crippen LogP contribution in [0.3, 0.4) is 0 Å². The second kappa shape index (κ2) is 5.63. The van der Waals surface area contributed by atoms with Crippen LogP contribution in [0.2, 0.25) is 0 Å². The number of rotatable bonds is 5. The van der Waals surface area contributed by atoms with Crippen LogP contribution >= 0.6 is 0 Å². The Morgan fingerprint density at radius 1 is 0.762 bits per heavy atom. The SMILES string of the molecule is c1ccc(CN(Cc2ccccc2)C2[C@H]3CNC[C@H]23)cc1. The van der Waals surface area contributed by atoms with Crippen molar-refractivity contribution in [1.29, 1.82) is 0 Å². The minimum Gasteiger partial charge on any atom is -0.316 e. The third kappa shape index (κ3) is 2.74. The monoisotopic (exact) mass is 278 g/mol. The van der Waals surface area contributed by atoms with E-state index >= 15 is 0 Å². The zero-order chi connectivity index (χ0) is 14.1. The summed E-state index contributed by atoms with van der Waals surface area (Å²) < 4.78 is 0. The summed E-state index contributed by atoms with van der Waals surface area (Å²) in [6.45, 7) is 4.53. The first-order valence-electron chi connectivity index (χ1n) is 7.94. The Labute approximate surface area is 126 Å². The minimum absolute atomic E-state index is 0.770. The van der Waals surface area contributed by atoms with Crippen molar-refractivity contribution < 1.29 is 0 Å². The van der Waals surface area contributed by atoms with E-state index < -0.39 is 0 Å². The maximum absolute atomic E-state index is 3.51. The van der Waals surface area contributed by atoms with Gasteiger partial charge in [-0.3, -0.25) is 4.90 Å². The van der Waals surface area contributed by atoms with Gasteiger partial charge in [-0.15, -0.1) is 0 Å². The lowest BCUT2D eigenvalue weighted by molar-refractivity contribution is 0.219. The molecule has 0 unspecified atom stereocenters. The highest BCUT2D eigenvalue weighted by atomic mass is 15.2. The summed E-state index contributed by atoms with van der Waals surface area (Å²) in [6.07, 6.45) is 0. The van der Waals surface area contributed by atoms with Gasteiger partial charge >= 0.3 is 0 Å². The van der Waals surface area contributed by atoms with Gasteiger partial charge in [-0.05, 0) is 36.1 Å². The molecule has 1 heterocycles. The molecule has 0 radical (unpaired) electrons. The molecule has 1 saturated carbocycles. The van der Waals surface area contributed by atoms with Crippen molar-refractivity contribution in [3.05, 3.63) is 71.8 Å². The van der Waals surface area contributed by atoms with E-state index in [0.29, 0.717) is 0 Å². The molecule has 2 aromatic carbocycles. The highest BCUT2D eigenvalue weighted by molar-refractivity contribution is 5.20. The van der Waals surface area contributed by atoms with E-state index in [9.17, 15) is 0 Å². The summed E-state index contributed by atoms with van der Waals surface area (Å²) >= 11 is 0. The van der Waals surface area contributed by atoms with E-state index in [4.69, 9.17) is 0 Å². The van der Waals surface area contributed by atoms with Gasteiger partial charge in [0, 0.05) is 19.1 Å². The maximum Gasteiger partial charge on any atom is 0.0240 e. The molecular weight excluding hydrogens is 256 g/mol. The first-order chi connectivity index (χ1) is 10.4. The van der Waals surface area contributed by atoms with Gasteiger partial charge in [0.15, 0.2) is 0 Å². The summed E-state index contributed by atoms with van der Waals surface area (Å²) in [5.74, 6) is 1.75. The fourth-order valence-electron chi connectivity index (χ4n) is 3.83. The molecule has 2 aromatic rings. The highest BCUT2D eigenvalue weighted by Gasteiger charge is 2.55. The summed E-state index contributed by atoms with van der Waals surface area (Å²) in [5.41, 5.74) is 2.85. The Kier molecular flexibility index (Phi) is 3.50. The molecule has 108 valence electrons. The van der Waals surface area contributed by atoms with Crippen molar-refractivity contribution in [2.24, 2.45) is 11.8 Å². The van der Waals surface area contributed by atoms with Gasteiger partial charge in [0.2, 0.25) is 0 Å². The van der Waals surface area contributed by atoms with E-state index in [-0.39, 0.29) is 0 Å². The number of nitrogens with one attached hydrogen (secondary N) is 1. The Morgan fingerprint density at radius 3 is 1.71 bits per heavy atom. The Bertz CT molecular complexity index is 530. The number of nitrogens with zero attached hydrogens (tertiary/aromatic N) is 1. The molecule has 4 rings (SSSR count). The molecule has 2 fully saturated rings. The molecule has 1 aliphatic heterocycles. The van der Waals surface area contributed by atoms with E-state index in [0.717, 1.165) is 31.0 Å². The van der Waals surface area contributed by atoms with Crippen molar-refractivity contribution in [2.75, 3.05) is 13.1 Å². The first kappa shape index (κ1) is 13.1. The van der Waals surface area contributed by atoms with Gasteiger partial charge in [0.1, 0.15) is 0 Å². The molecule has 2 nitrogen and oxygen atoms in total. The van der Waals surface area contributed by atoms with Crippen molar-refractivity contribution >= 4 is 0 Å². The third-order valence-electron chi connectivity index (χ3n) is 4.93. The van der Waals surface area contributed by atoms with Gasteiger partial charge < -0.3 is 5.32 Å². The highest BCUT2D eigenvalue weighted by Crippen LogP contribution is 2.46. The first-order valence-corrected chi connectivity index (χ1v) is 7.94. The number of fused-ring (bicyclic) bond motifs is 1. The molecule has 1 N–H and O–H groups in total. The van der Waals surface area contributed by atoms with Crippen LogP contribution in [0.5, 0.6) is 0 Å². The van der Waals surface area contributed by atoms with Crippen LogP contribution in [0.1, 0.15) is 11.1 Å². The van der Waals surface area contributed by atoms with Crippen LogP contribution in [0.4, 0.5) is 0 Å². The van der Waals surface area contributed by atoms with Crippen LogP contribution in [0, 0.1) is 11.8 Å². The van der Waals surface area contributed by atoms with E-state index in [2.05, 4.69) is 70.9 Å². The Hall–Kier alpha value is -1.64. The Balaban J connectivity index is 1.52. The lowest BCUT2D eigenvalue weighted by Crippen LogP contribution is -2.32. The normalized spacial score (nSPS) is 26.8. The molecule has 2 aliphatic rings. The van der Waals surface area contributed by atoms with Gasteiger partial charge in [0.25, 0.3) is 0 Å². The zero-order valence-electron chi connectivity index (χ0n) is 12.3. The summed E-state index contributed by atoms with van der Waals surface area (Å²) in [7, 11) is 0. The van der Waals surface area contributed by atoms with Crippen LogP contribution < -0.4 is 5.32 Å². The van der Waals surface area contributed by atoms with Gasteiger partial charge in [-0.1, -0.05) is 60.7 Å². The molecular formula is C19H22N2. The van der Waals surface area contributed by atoms with Gasteiger partial charge in [-0.2, -0.15) is 0 Å². The molecule has 0 amide bonds. The second-order valence-corrected chi connectivity index (χ2v) is 6.35. The third-order valence-corrected chi connectivity index (χ3v) is 4.93. The van der Waals surface area contributed by atoms with E-state index in [1.807, 2.05) is 0 Å². The summed E-state index contributed by atoms with van der Waals surface area (Å²) in [5, 5.41) is 3.51. The maximum atomic E-state index is 3.51. The molecule has 1 aliphatic carbocycles. The molecule has 21 heavy (non-hydrogen) atoms. The quantitative estimate of drug-likeness (QED) is 0.904. The lowest BCUT2D eigenvalue weighted by Gasteiger charge is -2.25. The van der Waals surface area contributed by atoms with E-state index in [1.54, 1.807) is 0 Å². The average molecular weight is 278 g/mol. The molecule has 0 bridgehead atoms. The predicted octanol–water partition coefficient (Wildman–Crippen LogP) is 2.91. The second-order valence-electron chi connectivity index (χ2n) is 6.35. The molecule has 0 spiro atoms. The van der Waals surface area contributed by atoms with Crippen molar-refractivity contribution in [3.8, 4) is 0 Å². The predicted molar refractivity (Wildman–Crippen MR) is 85.8 cm³/mol. The zero-order valence-corrected chi connectivity index (χ0v) is 12.3. The van der Waals surface area contributed by atoms with E-state index in [1.165, 1.54) is 24.2 Å². The van der Waals surface area contributed by atoms with Crippen LogP contribution in [-0.4, -0.2) is 24.0 Å². The number of hydrogen-bond acceptors (Lipinski definition) is 2. The molecule has 2 atom stereocenters. The van der Waals surface area contributed by atoms with Crippen molar-refractivity contribution in [3.63, 3.8) is 0 Å². The largest absolute Gasteiger partial charge is 0.316 e. The summed E-state index contributed by atoms with van der Waals surface area (Å²) in [6, 6.07) is 22.5. The number of hydrogen-bond donors (Lipinski definition) is 1.